The third-order valence-corrected chi connectivity index (χ3v) is 6.62. The molecule has 0 radical (unpaired) electrons. The minimum absolute atomic E-state index is 0.0153. The van der Waals surface area contributed by atoms with E-state index >= 15 is 0 Å². The van der Waals surface area contributed by atoms with Crippen molar-refractivity contribution in [2.45, 2.75) is 32.1 Å². The lowest BCUT2D eigenvalue weighted by Crippen LogP contribution is -2.24. The molecule has 1 saturated carbocycles. The van der Waals surface area contributed by atoms with Crippen molar-refractivity contribution in [3.05, 3.63) is 46.7 Å². The zero-order chi connectivity index (χ0) is 18.5. The topological polar surface area (TPSA) is 41.6 Å². The van der Waals surface area contributed by atoms with E-state index in [-0.39, 0.29) is 5.91 Å². The number of carbonyl (C=O) groups excluding carboxylic acids is 1. The maximum absolute atomic E-state index is 12.0. The molecule has 5 heteroatoms. The van der Waals surface area contributed by atoms with Crippen molar-refractivity contribution in [1.82, 2.24) is 4.90 Å². The van der Waals surface area contributed by atoms with Crippen molar-refractivity contribution >= 4 is 22.9 Å². The summed E-state index contributed by atoms with van der Waals surface area (Å²) in [4.78, 5) is 15.7. The SMILES string of the molecule is O=C(Cc1cccs1)Nc1ccc(OCCCN2CC3CCCC3C2)cc1. The summed E-state index contributed by atoms with van der Waals surface area (Å²) in [7, 11) is 0. The maximum Gasteiger partial charge on any atom is 0.229 e. The first kappa shape index (κ1) is 18.5. The van der Waals surface area contributed by atoms with Crippen molar-refractivity contribution in [3.63, 3.8) is 0 Å². The number of rotatable bonds is 8. The number of nitrogens with zero attached hydrogens (tertiary/aromatic N) is 1. The van der Waals surface area contributed by atoms with Crippen molar-refractivity contribution in [2.24, 2.45) is 11.8 Å². The molecule has 144 valence electrons. The number of fused-ring (bicyclic) bond motifs is 1. The van der Waals surface area contributed by atoms with Gasteiger partial charge < -0.3 is 15.0 Å². The van der Waals surface area contributed by atoms with Crippen molar-refractivity contribution in [1.29, 1.82) is 0 Å². The number of hydrogen-bond donors (Lipinski definition) is 1. The van der Waals surface area contributed by atoms with Gasteiger partial charge in [0.25, 0.3) is 0 Å². The molecule has 27 heavy (non-hydrogen) atoms. The number of benzene rings is 1. The minimum Gasteiger partial charge on any atom is -0.494 e. The molecular formula is C22H28N2O2S. The smallest absolute Gasteiger partial charge is 0.229 e. The van der Waals surface area contributed by atoms with E-state index in [1.165, 1.54) is 32.4 Å². The predicted molar refractivity (Wildman–Crippen MR) is 110 cm³/mol. The first-order chi connectivity index (χ1) is 13.3. The molecule has 2 atom stereocenters. The molecule has 1 aromatic carbocycles. The molecule has 1 N–H and O–H groups in total. The number of nitrogens with one attached hydrogen (secondary N) is 1. The van der Waals surface area contributed by atoms with Crippen LogP contribution in [0.5, 0.6) is 5.75 Å². The molecule has 0 bridgehead atoms. The van der Waals surface area contributed by atoms with E-state index in [0.29, 0.717) is 6.42 Å². The maximum atomic E-state index is 12.0. The summed E-state index contributed by atoms with van der Waals surface area (Å²) in [5.41, 5.74) is 0.813. The molecular weight excluding hydrogens is 356 g/mol. The van der Waals surface area contributed by atoms with Crippen LogP contribution in [0.25, 0.3) is 0 Å². The second-order valence-corrected chi connectivity index (χ2v) is 8.77. The fourth-order valence-electron chi connectivity index (χ4n) is 4.40. The largest absolute Gasteiger partial charge is 0.494 e. The lowest BCUT2D eigenvalue weighted by molar-refractivity contribution is -0.115. The van der Waals surface area contributed by atoms with Gasteiger partial charge in [-0.1, -0.05) is 12.5 Å². The Balaban J connectivity index is 1.14. The molecule has 1 aromatic heterocycles. The molecule has 2 fully saturated rings. The highest BCUT2D eigenvalue weighted by Crippen LogP contribution is 2.37. The Bertz CT molecular complexity index is 717. The molecule has 4 nitrogen and oxygen atoms in total. The zero-order valence-corrected chi connectivity index (χ0v) is 16.5. The lowest BCUT2D eigenvalue weighted by atomic mass is 10.0. The van der Waals surface area contributed by atoms with Crippen LogP contribution in [0.3, 0.4) is 0 Å². The van der Waals surface area contributed by atoms with Gasteiger partial charge in [-0.15, -0.1) is 11.3 Å². The van der Waals surface area contributed by atoms with Gasteiger partial charge in [0.2, 0.25) is 5.91 Å². The Labute approximate surface area is 165 Å². The predicted octanol–water partition coefficient (Wildman–Crippen LogP) is 4.43. The Kier molecular flexibility index (Phi) is 6.10. The van der Waals surface area contributed by atoms with E-state index in [1.54, 1.807) is 11.3 Å². The van der Waals surface area contributed by atoms with Crippen LogP contribution in [-0.2, 0) is 11.2 Å². The van der Waals surface area contributed by atoms with E-state index in [0.717, 1.165) is 47.7 Å². The highest BCUT2D eigenvalue weighted by atomic mass is 32.1. The molecule has 0 spiro atoms. The average Bonchev–Trinajstić information content (AvgIpc) is 3.38. The molecule has 1 aliphatic carbocycles. The van der Waals surface area contributed by atoms with Crippen LogP contribution in [0.1, 0.15) is 30.6 Å². The highest BCUT2D eigenvalue weighted by molar-refractivity contribution is 7.10. The Morgan fingerprint density at radius 1 is 1.15 bits per heavy atom. The van der Waals surface area contributed by atoms with Crippen molar-refractivity contribution in [3.8, 4) is 5.75 Å². The third-order valence-electron chi connectivity index (χ3n) is 5.74. The first-order valence-corrected chi connectivity index (χ1v) is 10.9. The molecule has 2 aromatic rings. The summed E-state index contributed by atoms with van der Waals surface area (Å²) < 4.78 is 5.87. The van der Waals surface area contributed by atoms with E-state index in [9.17, 15) is 4.79 Å². The number of anilines is 1. The first-order valence-electron chi connectivity index (χ1n) is 10.0. The molecule has 1 amide bonds. The number of carbonyl (C=O) groups is 1. The van der Waals surface area contributed by atoms with Crippen LogP contribution in [0.15, 0.2) is 41.8 Å². The molecule has 1 aliphatic heterocycles. The van der Waals surface area contributed by atoms with Crippen LogP contribution in [0.4, 0.5) is 5.69 Å². The molecule has 2 unspecified atom stereocenters. The van der Waals surface area contributed by atoms with Gasteiger partial charge in [0.05, 0.1) is 13.0 Å². The molecule has 4 rings (SSSR count). The fraction of sp³-hybridized carbons (Fsp3) is 0.500. The number of ether oxygens (including phenoxy) is 1. The average molecular weight is 385 g/mol. The van der Waals surface area contributed by atoms with Crippen LogP contribution in [0.2, 0.25) is 0 Å². The van der Waals surface area contributed by atoms with Crippen molar-refractivity contribution in [2.75, 3.05) is 31.6 Å². The van der Waals surface area contributed by atoms with Gasteiger partial charge >= 0.3 is 0 Å². The third kappa shape index (κ3) is 5.11. The lowest BCUT2D eigenvalue weighted by Gasteiger charge is -2.16. The second kappa shape index (κ2) is 8.89. The minimum atomic E-state index is 0.0153. The Hall–Kier alpha value is -1.85. The summed E-state index contributed by atoms with van der Waals surface area (Å²) in [5, 5.41) is 4.93. The zero-order valence-electron chi connectivity index (χ0n) is 15.7. The van der Waals surface area contributed by atoms with Crippen LogP contribution in [0, 0.1) is 11.8 Å². The number of amides is 1. The van der Waals surface area contributed by atoms with Gasteiger partial charge in [-0.3, -0.25) is 4.79 Å². The van der Waals surface area contributed by atoms with Gasteiger partial charge in [0.1, 0.15) is 5.75 Å². The van der Waals surface area contributed by atoms with Crippen LogP contribution < -0.4 is 10.1 Å². The van der Waals surface area contributed by atoms with Gasteiger partial charge in [0.15, 0.2) is 0 Å². The van der Waals surface area contributed by atoms with E-state index in [4.69, 9.17) is 4.74 Å². The fourth-order valence-corrected chi connectivity index (χ4v) is 5.11. The van der Waals surface area contributed by atoms with Gasteiger partial charge in [-0.2, -0.15) is 0 Å². The molecule has 2 heterocycles. The Morgan fingerprint density at radius 2 is 1.93 bits per heavy atom. The second-order valence-electron chi connectivity index (χ2n) is 7.74. The summed E-state index contributed by atoms with van der Waals surface area (Å²) in [6, 6.07) is 11.6. The van der Waals surface area contributed by atoms with Crippen molar-refractivity contribution < 1.29 is 9.53 Å². The standard InChI is InChI=1S/C22H28N2O2S/c25-22(14-21-6-2-13-27-21)23-19-7-9-20(10-8-19)26-12-3-11-24-15-17-4-1-5-18(17)16-24/h2,6-10,13,17-18H,1,3-5,11-12,14-16H2,(H,23,25). The van der Waals surface area contributed by atoms with E-state index in [1.807, 2.05) is 41.8 Å². The van der Waals surface area contributed by atoms with E-state index in [2.05, 4.69) is 10.2 Å². The van der Waals surface area contributed by atoms with Crippen LogP contribution >= 0.6 is 11.3 Å². The van der Waals surface area contributed by atoms with Gasteiger partial charge in [-0.25, -0.2) is 0 Å². The summed E-state index contributed by atoms with van der Waals surface area (Å²) in [5.74, 6) is 2.81. The summed E-state index contributed by atoms with van der Waals surface area (Å²) in [6.07, 6.45) is 5.81. The van der Waals surface area contributed by atoms with Gasteiger partial charge in [0, 0.05) is 30.2 Å². The molecule has 2 aliphatic rings. The normalized spacial score (nSPS) is 21.9. The highest BCUT2D eigenvalue weighted by Gasteiger charge is 2.35. The van der Waals surface area contributed by atoms with Gasteiger partial charge in [-0.05, 0) is 66.8 Å². The molecule has 1 saturated heterocycles. The summed E-state index contributed by atoms with van der Waals surface area (Å²) in [6.45, 7) is 4.48. The number of hydrogen-bond acceptors (Lipinski definition) is 4. The monoisotopic (exact) mass is 384 g/mol. The quantitative estimate of drug-likeness (QED) is 0.685. The van der Waals surface area contributed by atoms with Crippen LogP contribution in [-0.4, -0.2) is 37.0 Å². The summed E-state index contributed by atoms with van der Waals surface area (Å²) >= 11 is 1.60. The number of thiophene rings is 1. The number of likely N-dealkylation sites (tertiary alicyclic amines) is 1. The Morgan fingerprint density at radius 3 is 2.63 bits per heavy atom. The van der Waals surface area contributed by atoms with E-state index < -0.39 is 0 Å².